The van der Waals surface area contributed by atoms with E-state index in [1.807, 2.05) is 12.1 Å². The molecule has 0 saturated heterocycles. The molecule has 176 valence electrons. The van der Waals surface area contributed by atoms with Crippen molar-refractivity contribution in [3.63, 3.8) is 0 Å². The first-order valence-corrected chi connectivity index (χ1v) is 11.7. The molecule has 34 heavy (non-hydrogen) atoms. The van der Waals surface area contributed by atoms with Gasteiger partial charge in [0.15, 0.2) is 6.61 Å². The fraction of sp³-hybridized carbons (Fsp3) is 0.167. The van der Waals surface area contributed by atoms with Crippen LogP contribution in [-0.4, -0.2) is 32.9 Å². The lowest BCUT2D eigenvalue weighted by molar-refractivity contribution is -0.119. The Hall–Kier alpha value is -3.79. The summed E-state index contributed by atoms with van der Waals surface area (Å²) >= 11 is 0. The highest BCUT2D eigenvalue weighted by Gasteiger charge is 2.36. The largest absolute Gasteiger partial charge is 0.452 e. The molecule has 1 atom stereocenters. The average Bonchev–Trinajstić information content (AvgIpc) is 3.13. The maximum Gasteiger partial charge on any atom is 0.338 e. The molecule has 1 unspecified atom stereocenters. The van der Waals surface area contributed by atoms with E-state index in [0.29, 0.717) is 18.2 Å². The van der Waals surface area contributed by atoms with E-state index in [1.54, 1.807) is 19.1 Å². The van der Waals surface area contributed by atoms with Crippen molar-refractivity contribution in [1.82, 2.24) is 0 Å². The summed E-state index contributed by atoms with van der Waals surface area (Å²) in [5.74, 6) is -3.49. The van der Waals surface area contributed by atoms with Gasteiger partial charge < -0.3 is 10.1 Å². The number of carbonyl (C=O) groups excluding carboxylic acids is 2. The third-order valence-corrected chi connectivity index (χ3v) is 7.18. The number of hydrogen-bond acceptors (Lipinski definition) is 5. The van der Waals surface area contributed by atoms with Crippen LogP contribution in [0.3, 0.4) is 0 Å². The second kappa shape index (κ2) is 9.22. The minimum absolute atomic E-state index is 0.0641. The van der Waals surface area contributed by atoms with Gasteiger partial charge in [0.05, 0.1) is 16.1 Å². The Balaban J connectivity index is 1.47. The quantitative estimate of drug-likeness (QED) is 0.534. The van der Waals surface area contributed by atoms with Crippen LogP contribution in [0.25, 0.3) is 0 Å². The van der Waals surface area contributed by atoms with E-state index in [1.165, 1.54) is 28.6 Å². The first kappa shape index (κ1) is 23.4. The molecule has 0 radical (unpaired) electrons. The Kier molecular flexibility index (Phi) is 6.34. The average molecular weight is 486 g/mol. The van der Waals surface area contributed by atoms with E-state index in [0.717, 1.165) is 17.7 Å². The van der Waals surface area contributed by atoms with Crippen molar-refractivity contribution in [3.8, 4) is 0 Å². The van der Waals surface area contributed by atoms with Gasteiger partial charge in [-0.3, -0.25) is 9.10 Å². The Morgan fingerprint density at radius 2 is 1.74 bits per heavy atom. The molecule has 1 heterocycles. The zero-order valence-electron chi connectivity index (χ0n) is 18.0. The highest BCUT2D eigenvalue weighted by molar-refractivity contribution is 7.92. The third-order valence-electron chi connectivity index (χ3n) is 5.25. The van der Waals surface area contributed by atoms with Crippen LogP contribution in [0.2, 0.25) is 0 Å². The van der Waals surface area contributed by atoms with Crippen molar-refractivity contribution in [1.29, 1.82) is 0 Å². The summed E-state index contributed by atoms with van der Waals surface area (Å²) in [5, 5.41) is 2.22. The van der Waals surface area contributed by atoms with Gasteiger partial charge in [-0.15, -0.1) is 0 Å². The van der Waals surface area contributed by atoms with Gasteiger partial charge in [-0.25, -0.2) is 22.0 Å². The van der Waals surface area contributed by atoms with E-state index in [2.05, 4.69) is 5.32 Å². The zero-order chi connectivity index (χ0) is 24.5. The second-order valence-corrected chi connectivity index (χ2v) is 9.61. The molecule has 0 aliphatic carbocycles. The fourth-order valence-electron chi connectivity index (χ4n) is 3.84. The Labute approximate surface area is 195 Å². The fourth-order valence-corrected chi connectivity index (χ4v) is 5.58. The van der Waals surface area contributed by atoms with Crippen molar-refractivity contribution in [2.24, 2.45) is 0 Å². The number of fused-ring (bicyclic) bond motifs is 1. The maximum absolute atomic E-state index is 13.4. The highest BCUT2D eigenvalue weighted by Crippen LogP contribution is 2.36. The molecule has 3 aromatic rings. The van der Waals surface area contributed by atoms with Crippen LogP contribution in [0.5, 0.6) is 0 Å². The molecule has 0 bridgehead atoms. The molecule has 1 aliphatic rings. The molecule has 3 aromatic carbocycles. The number of ether oxygens (including phenoxy) is 1. The predicted octanol–water partition coefficient (Wildman–Crippen LogP) is 3.90. The monoisotopic (exact) mass is 486 g/mol. The number of hydrogen-bond donors (Lipinski definition) is 1. The van der Waals surface area contributed by atoms with E-state index in [9.17, 15) is 26.8 Å². The van der Waals surface area contributed by atoms with Crippen molar-refractivity contribution >= 4 is 33.3 Å². The van der Waals surface area contributed by atoms with E-state index < -0.39 is 40.1 Å². The van der Waals surface area contributed by atoms with Gasteiger partial charge in [0.1, 0.15) is 11.6 Å². The van der Waals surface area contributed by atoms with Crippen LogP contribution in [0.4, 0.5) is 20.2 Å². The third kappa shape index (κ3) is 4.76. The molecule has 1 aliphatic heterocycles. The lowest BCUT2D eigenvalue weighted by atomic mass is 10.1. The summed E-state index contributed by atoms with van der Waals surface area (Å²) < 4.78 is 59.5. The van der Waals surface area contributed by atoms with Crippen LogP contribution >= 0.6 is 0 Å². The van der Waals surface area contributed by atoms with Gasteiger partial charge >= 0.3 is 5.97 Å². The van der Waals surface area contributed by atoms with E-state index in [-0.39, 0.29) is 22.2 Å². The minimum atomic E-state index is -3.96. The number of anilines is 2. The van der Waals surface area contributed by atoms with Crippen LogP contribution in [0, 0.1) is 11.6 Å². The van der Waals surface area contributed by atoms with Crippen molar-refractivity contribution in [2.75, 3.05) is 16.2 Å². The van der Waals surface area contributed by atoms with Crippen molar-refractivity contribution < 1.29 is 31.5 Å². The van der Waals surface area contributed by atoms with E-state index >= 15 is 0 Å². The number of halogens is 2. The molecule has 1 N–H and O–H groups in total. The summed E-state index contributed by atoms with van der Waals surface area (Å²) in [4.78, 5) is 24.3. The summed E-state index contributed by atoms with van der Waals surface area (Å²) in [6, 6.07) is 14.7. The number of carbonyl (C=O) groups is 2. The van der Waals surface area contributed by atoms with Gasteiger partial charge in [-0.1, -0.05) is 24.3 Å². The standard InChI is InChI=1S/C24H20F2N2O5S/c1-15-9-16-5-2-3-8-22(16)28(15)34(31,32)21-7-4-6-17(10-21)24(30)33-14-23(29)27-20-12-18(25)11-19(26)13-20/h2-8,10-13,15H,9,14H2,1H3,(H,27,29). The van der Waals surface area contributed by atoms with Crippen LogP contribution in [0.15, 0.2) is 71.6 Å². The SMILES string of the molecule is CC1Cc2ccccc2N1S(=O)(=O)c1cccc(C(=O)OCC(=O)Nc2cc(F)cc(F)c2)c1. The Bertz CT molecular complexity index is 1360. The minimum Gasteiger partial charge on any atom is -0.452 e. The lowest BCUT2D eigenvalue weighted by Gasteiger charge is -2.24. The molecule has 0 spiro atoms. The number of amides is 1. The van der Waals surface area contributed by atoms with Gasteiger partial charge in [-0.05, 0) is 55.3 Å². The number of nitrogens with zero attached hydrogens (tertiary/aromatic N) is 1. The number of nitrogens with one attached hydrogen (secondary N) is 1. The second-order valence-electron chi connectivity index (χ2n) is 7.79. The molecule has 4 rings (SSSR count). The number of benzene rings is 3. The molecule has 0 saturated carbocycles. The van der Waals surface area contributed by atoms with Crippen molar-refractivity contribution in [3.05, 3.63) is 89.5 Å². The summed E-state index contributed by atoms with van der Waals surface area (Å²) in [5.41, 5.74) is 1.31. The topological polar surface area (TPSA) is 92.8 Å². The first-order chi connectivity index (χ1) is 16.1. The maximum atomic E-state index is 13.4. The molecule has 0 aromatic heterocycles. The molecular weight excluding hydrogens is 466 g/mol. The summed E-state index contributed by atoms with van der Waals surface area (Å²) in [6.45, 7) is 1.07. The normalized spacial score (nSPS) is 15.0. The summed E-state index contributed by atoms with van der Waals surface area (Å²) in [6.07, 6.45) is 0.571. The summed E-state index contributed by atoms with van der Waals surface area (Å²) in [7, 11) is -3.96. The molecular formula is C24H20F2N2O5S. The number of esters is 1. The van der Waals surface area contributed by atoms with Gasteiger partial charge in [0, 0.05) is 17.8 Å². The smallest absolute Gasteiger partial charge is 0.338 e. The van der Waals surface area contributed by atoms with Crippen molar-refractivity contribution in [2.45, 2.75) is 24.3 Å². The van der Waals surface area contributed by atoms with Crippen LogP contribution < -0.4 is 9.62 Å². The van der Waals surface area contributed by atoms with Crippen LogP contribution in [-0.2, 0) is 26.0 Å². The van der Waals surface area contributed by atoms with Gasteiger partial charge in [0.25, 0.3) is 15.9 Å². The Morgan fingerprint density at radius 1 is 1.03 bits per heavy atom. The highest BCUT2D eigenvalue weighted by atomic mass is 32.2. The van der Waals surface area contributed by atoms with E-state index in [4.69, 9.17) is 4.74 Å². The number of sulfonamides is 1. The molecule has 0 fully saturated rings. The van der Waals surface area contributed by atoms with Gasteiger partial charge in [0.2, 0.25) is 0 Å². The van der Waals surface area contributed by atoms with Crippen LogP contribution in [0.1, 0.15) is 22.8 Å². The number of rotatable bonds is 6. The molecule has 1 amide bonds. The van der Waals surface area contributed by atoms with Gasteiger partial charge in [-0.2, -0.15) is 0 Å². The lowest BCUT2D eigenvalue weighted by Crippen LogP contribution is -2.35. The zero-order valence-corrected chi connectivity index (χ0v) is 18.8. The Morgan fingerprint density at radius 3 is 2.47 bits per heavy atom. The predicted molar refractivity (Wildman–Crippen MR) is 121 cm³/mol. The first-order valence-electron chi connectivity index (χ1n) is 10.3. The molecule has 10 heteroatoms. The molecule has 7 nitrogen and oxygen atoms in total. The number of para-hydroxylation sites is 1.